The fourth-order valence-electron chi connectivity index (χ4n) is 1.79. The van der Waals surface area contributed by atoms with Crippen molar-refractivity contribution in [3.8, 4) is 5.75 Å². The van der Waals surface area contributed by atoms with Crippen LogP contribution < -0.4 is 15.0 Å². The van der Waals surface area contributed by atoms with E-state index < -0.39 is 0 Å². The van der Waals surface area contributed by atoms with Crippen molar-refractivity contribution in [1.82, 2.24) is 5.32 Å². The first-order valence-electron chi connectivity index (χ1n) is 6.68. The number of hydrogen-bond donors (Lipinski definition) is 1. The summed E-state index contributed by atoms with van der Waals surface area (Å²) in [5, 5.41) is 3.45. The molecule has 3 heteroatoms. The third-order valence-electron chi connectivity index (χ3n) is 3.03. The highest BCUT2D eigenvalue weighted by molar-refractivity contribution is 5.49. The van der Waals surface area contributed by atoms with Crippen LogP contribution in [-0.4, -0.2) is 33.3 Å². The molecule has 0 fully saturated rings. The fourth-order valence-corrected chi connectivity index (χ4v) is 1.79. The van der Waals surface area contributed by atoms with Crippen LogP contribution in [0.25, 0.3) is 0 Å². The molecule has 0 amide bonds. The van der Waals surface area contributed by atoms with Crippen molar-refractivity contribution < 1.29 is 4.74 Å². The number of hydrogen-bond acceptors (Lipinski definition) is 3. The normalized spacial score (nSPS) is 12.6. The van der Waals surface area contributed by atoms with Gasteiger partial charge in [0.05, 0.1) is 0 Å². The first-order valence-corrected chi connectivity index (χ1v) is 6.68. The molecule has 1 aromatic rings. The Labute approximate surface area is 111 Å². The van der Waals surface area contributed by atoms with Crippen molar-refractivity contribution in [2.24, 2.45) is 5.92 Å². The standard InChI is InChI=1S/C15H26N2O/c1-6-16-15(12(2)3)11-18-14-9-7-8-13(10-14)17(4)5/h7-10,12,15-16H,6,11H2,1-5H3. The van der Waals surface area contributed by atoms with Gasteiger partial charge in [-0.05, 0) is 24.6 Å². The van der Waals surface area contributed by atoms with E-state index in [-0.39, 0.29) is 0 Å². The van der Waals surface area contributed by atoms with E-state index in [1.807, 2.05) is 26.2 Å². The molecule has 1 N–H and O–H groups in total. The SMILES string of the molecule is CCNC(COc1cccc(N(C)C)c1)C(C)C. The lowest BCUT2D eigenvalue weighted by atomic mass is 10.1. The Morgan fingerprint density at radius 2 is 2.00 bits per heavy atom. The number of ether oxygens (including phenoxy) is 1. The van der Waals surface area contributed by atoms with E-state index in [1.165, 1.54) is 0 Å². The van der Waals surface area contributed by atoms with Crippen LogP contribution >= 0.6 is 0 Å². The molecule has 0 aliphatic heterocycles. The summed E-state index contributed by atoms with van der Waals surface area (Å²) in [6, 6.07) is 8.59. The summed E-state index contributed by atoms with van der Waals surface area (Å²) in [4.78, 5) is 2.08. The van der Waals surface area contributed by atoms with Gasteiger partial charge in [-0.25, -0.2) is 0 Å². The molecule has 1 unspecified atom stereocenters. The summed E-state index contributed by atoms with van der Waals surface area (Å²) in [6.45, 7) is 8.24. The molecule has 1 rings (SSSR count). The van der Waals surface area contributed by atoms with Gasteiger partial charge in [-0.2, -0.15) is 0 Å². The molecule has 0 aliphatic carbocycles. The third kappa shape index (κ3) is 4.57. The Hall–Kier alpha value is -1.22. The van der Waals surface area contributed by atoms with Gasteiger partial charge in [0.2, 0.25) is 0 Å². The van der Waals surface area contributed by atoms with Crippen molar-refractivity contribution in [2.75, 3.05) is 32.1 Å². The second kappa shape index (κ2) is 7.27. The van der Waals surface area contributed by atoms with Crippen molar-refractivity contribution in [2.45, 2.75) is 26.8 Å². The minimum Gasteiger partial charge on any atom is -0.492 e. The summed E-state index contributed by atoms with van der Waals surface area (Å²) in [6.07, 6.45) is 0. The van der Waals surface area contributed by atoms with E-state index in [0.717, 1.165) is 18.0 Å². The molecule has 102 valence electrons. The maximum atomic E-state index is 5.88. The molecule has 0 saturated carbocycles. The lowest BCUT2D eigenvalue weighted by Gasteiger charge is -2.22. The smallest absolute Gasteiger partial charge is 0.121 e. The van der Waals surface area contributed by atoms with Gasteiger partial charge in [-0.15, -0.1) is 0 Å². The Bertz CT molecular complexity index is 350. The summed E-state index contributed by atoms with van der Waals surface area (Å²) in [7, 11) is 4.07. The molecule has 0 bridgehead atoms. The number of rotatable bonds is 7. The number of nitrogens with zero attached hydrogens (tertiary/aromatic N) is 1. The highest BCUT2D eigenvalue weighted by atomic mass is 16.5. The molecule has 18 heavy (non-hydrogen) atoms. The zero-order valence-electron chi connectivity index (χ0n) is 12.2. The predicted octanol–water partition coefficient (Wildman–Crippen LogP) is 2.77. The number of benzene rings is 1. The van der Waals surface area contributed by atoms with E-state index in [0.29, 0.717) is 18.6 Å². The van der Waals surface area contributed by atoms with Gasteiger partial charge >= 0.3 is 0 Å². The van der Waals surface area contributed by atoms with Crippen molar-refractivity contribution >= 4 is 5.69 Å². The van der Waals surface area contributed by atoms with Gasteiger partial charge in [0, 0.05) is 31.9 Å². The molecular weight excluding hydrogens is 224 g/mol. The molecule has 0 heterocycles. The Kier molecular flexibility index (Phi) is 5.99. The largest absolute Gasteiger partial charge is 0.492 e. The molecule has 0 spiro atoms. The minimum atomic E-state index is 0.401. The zero-order chi connectivity index (χ0) is 13.5. The summed E-state index contributed by atoms with van der Waals surface area (Å²) in [5.74, 6) is 1.51. The molecule has 1 aromatic carbocycles. The maximum absolute atomic E-state index is 5.88. The zero-order valence-corrected chi connectivity index (χ0v) is 12.2. The third-order valence-corrected chi connectivity index (χ3v) is 3.03. The molecule has 0 aromatic heterocycles. The topological polar surface area (TPSA) is 24.5 Å². The highest BCUT2D eigenvalue weighted by Gasteiger charge is 2.12. The van der Waals surface area contributed by atoms with Gasteiger partial charge in [-0.3, -0.25) is 0 Å². The van der Waals surface area contributed by atoms with Gasteiger partial charge in [0.25, 0.3) is 0 Å². The minimum absolute atomic E-state index is 0.401. The van der Waals surface area contributed by atoms with E-state index in [2.05, 4.69) is 43.1 Å². The van der Waals surface area contributed by atoms with Crippen molar-refractivity contribution in [3.05, 3.63) is 24.3 Å². The summed E-state index contributed by atoms with van der Waals surface area (Å²) in [5.41, 5.74) is 1.16. The van der Waals surface area contributed by atoms with Crippen LogP contribution in [0.15, 0.2) is 24.3 Å². The summed E-state index contributed by atoms with van der Waals surface area (Å²) < 4.78 is 5.88. The van der Waals surface area contributed by atoms with Gasteiger partial charge in [-0.1, -0.05) is 26.8 Å². The highest BCUT2D eigenvalue weighted by Crippen LogP contribution is 2.19. The summed E-state index contributed by atoms with van der Waals surface area (Å²) >= 11 is 0. The lowest BCUT2D eigenvalue weighted by Crippen LogP contribution is -2.38. The molecular formula is C15H26N2O. The number of nitrogens with one attached hydrogen (secondary N) is 1. The van der Waals surface area contributed by atoms with Gasteiger partial charge in [0.1, 0.15) is 12.4 Å². The first-order chi connectivity index (χ1) is 8.54. The van der Waals surface area contributed by atoms with Crippen LogP contribution in [0.3, 0.4) is 0 Å². The molecule has 0 aliphatic rings. The second-order valence-electron chi connectivity index (χ2n) is 5.11. The maximum Gasteiger partial charge on any atom is 0.121 e. The Morgan fingerprint density at radius 3 is 2.56 bits per heavy atom. The average Bonchev–Trinajstić information content (AvgIpc) is 2.34. The van der Waals surface area contributed by atoms with Crippen LogP contribution in [0.5, 0.6) is 5.75 Å². The molecule has 3 nitrogen and oxygen atoms in total. The Morgan fingerprint density at radius 1 is 1.28 bits per heavy atom. The van der Waals surface area contributed by atoms with E-state index >= 15 is 0 Å². The van der Waals surface area contributed by atoms with Crippen LogP contribution in [0.4, 0.5) is 5.69 Å². The molecule has 1 atom stereocenters. The average molecular weight is 250 g/mol. The van der Waals surface area contributed by atoms with E-state index in [9.17, 15) is 0 Å². The quantitative estimate of drug-likeness (QED) is 0.805. The first kappa shape index (κ1) is 14.8. The fraction of sp³-hybridized carbons (Fsp3) is 0.600. The van der Waals surface area contributed by atoms with E-state index in [1.54, 1.807) is 0 Å². The second-order valence-corrected chi connectivity index (χ2v) is 5.11. The lowest BCUT2D eigenvalue weighted by molar-refractivity contribution is 0.232. The van der Waals surface area contributed by atoms with E-state index in [4.69, 9.17) is 4.74 Å². The molecule has 0 saturated heterocycles. The van der Waals surface area contributed by atoms with Crippen LogP contribution in [-0.2, 0) is 0 Å². The monoisotopic (exact) mass is 250 g/mol. The van der Waals surface area contributed by atoms with Crippen LogP contribution in [0, 0.1) is 5.92 Å². The number of likely N-dealkylation sites (N-methyl/N-ethyl adjacent to an activating group) is 1. The molecule has 0 radical (unpaired) electrons. The van der Waals surface area contributed by atoms with Crippen molar-refractivity contribution in [3.63, 3.8) is 0 Å². The van der Waals surface area contributed by atoms with Crippen molar-refractivity contribution in [1.29, 1.82) is 0 Å². The number of anilines is 1. The van der Waals surface area contributed by atoms with Gasteiger partial charge in [0.15, 0.2) is 0 Å². The van der Waals surface area contributed by atoms with Crippen LogP contribution in [0.2, 0.25) is 0 Å². The predicted molar refractivity (Wildman–Crippen MR) is 78.6 cm³/mol. The van der Waals surface area contributed by atoms with Crippen LogP contribution in [0.1, 0.15) is 20.8 Å². The van der Waals surface area contributed by atoms with Gasteiger partial charge < -0.3 is 15.0 Å². The Balaban J connectivity index is 2.58.